The minimum atomic E-state index is -0.283. The number of hydrazine groups is 1. The zero-order valence-electron chi connectivity index (χ0n) is 18.2. The molecule has 0 fully saturated rings. The van der Waals surface area contributed by atoms with Gasteiger partial charge >= 0.3 is 0 Å². The van der Waals surface area contributed by atoms with Gasteiger partial charge in [-0.1, -0.05) is 44.2 Å². The van der Waals surface area contributed by atoms with Gasteiger partial charge in [-0.2, -0.15) is 5.10 Å². The van der Waals surface area contributed by atoms with Crippen LogP contribution in [0, 0.1) is 6.92 Å². The van der Waals surface area contributed by atoms with E-state index in [9.17, 15) is 4.79 Å². The van der Waals surface area contributed by atoms with Gasteiger partial charge < -0.3 is 5.32 Å². The largest absolute Gasteiger partial charge is 0.361 e. The van der Waals surface area contributed by atoms with Crippen molar-refractivity contribution in [2.45, 2.75) is 43.8 Å². The van der Waals surface area contributed by atoms with E-state index in [1.54, 1.807) is 22.6 Å². The standard InChI is InChI=1S/C22H28N6OS2/c1-14(2)31-19-17(13-24-20-18(19)15(3)27-28(20)4)21(29)25-26-22(30)23-12-8-11-16-9-6-5-7-10-16/h5-7,9-10,13-14H,8,11-12H2,1-4H3,(H,25,29)(H2,23,26,30). The molecule has 0 saturated heterocycles. The van der Waals surface area contributed by atoms with Crippen LogP contribution in [-0.4, -0.2) is 37.6 Å². The van der Waals surface area contributed by atoms with Crippen molar-refractivity contribution < 1.29 is 4.79 Å². The molecular weight excluding hydrogens is 428 g/mol. The number of pyridine rings is 1. The monoisotopic (exact) mass is 456 g/mol. The number of amides is 1. The average molecular weight is 457 g/mol. The second-order valence-electron chi connectivity index (χ2n) is 7.50. The van der Waals surface area contributed by atoms with E-state index < -0.39 is 0 Å². The van der Waals surface area contributed by atoms with Crippen LogP contribution in [0.2, 0.25) is 0 Å². The Morgan fingerprint density at radius 2 is 1.97 bits per heavy atom. The molecule has 1 aromatic carbocycles. The number of rotatable bonds is 7. The highest BCUT2D eigenvalue weighted by atomic mass is 32.2. The lowest BCUT2D eigenvalue weighted by Crippen LogP contribution is -2.47. The van der Waals surface area contributed by atoms with Gasteiger partial charge in [-0.3, -0.25) is 20.3 Å². The highest BCUT2D eigenvalue weighted by Crippen LogP contribution is 2.34. The van der Waals surface area contributed by atoms with E-state index in [1.165, 1.54) is 5.56 Å². The number of hydrogen-bond donors (Lipinski definition) is 3. The van der Waals surface area contributed by atoms with Crippen LogP contribution in [0.25, 0.3) is 11.0 Å². The summed E-state index contributed by atoms with van der Waals surface area (Å²) in [5.41, 5.74) is 8.89. The van der Waals surface area contributed by atoms with Crippen LogP contribution in [-0.2, 0) is 13.5 Å². The molecule has 2 aromatic heterocycles. The molecular formula is C22H28N6OS2. The molecule has 0 aliphatic carbocycles. The first-order valence-electron chi connectivity index (χ1n) is 10.2. The van der Waals surface area contributed by atoms with Crippen molar-refractivity contribution >= 4 is 46.0 Å². The van der Waals surface area contributed by atoms with E-state index in [0.717, 1.165) is 34.5 Å². The molecule has 0 bridgehead atoms. The van der Waals surface area contributed by atoms with Gasteiger partial charge in [0.05, 0.1) is 16.6 Å². The van der Waals surface area contributed by atoms with E-state index >= 15 is 0 Å². The molecule has 31 heavy (non-hydrogen) atoms. The summed E-state index contributed by atoms with van der Waals surface area (Å²) in [4.78, 5) is 18.2. The average Bonchev–Trinajstić information content (AvgIpc) is 3.04. The van der Waals surface area contributed by atoms with E-state index in [4.69, 9.17) is 12.2 Å². The van der Waals surface area contributed by atoms with Crippen LogP contribution in [0.4, 0.5) is 0 Å². The van der Waals surface area contributed by atoms with Gasteiger partial charge in [0.2, 0.25) is 0 Å². The van der Waals surface area contributed by atoms with Crippen LogP contribution in [0.1, 0.15) is 41.9 Å². The maximum atomic E-state index is 12.9. The molecule has 0 atom stereocenters. The summed E-state index contributed by atoms with van der Waals surface area (Å²) in [5.74, 6) is -0.283. The first-order valence-corrected chi connectivity index (χ1v) is 11.5. The SMILES string of the molecule is Cc1nn(C)c2ncc(C(=O)NNC(=S)NCCCc3ccccc3)c(SC(C)C)c12. The number of carbonyl (C=O) groups is 1. The Hall–Kier alpha value is -2.65. The lowest BCUT2D eigenvalue weighted by molar-refractivity contribution is 0.0940. The van der Waals surface area contributed by atoms with Gasteiger partial charge in [-0.25, -0.2) is 4.98 Å². The van der Waals surface area contributed by atoms with Crippen molar-refractivity contribution in [2.24, 2.45) is 7.05 Å². The third-order valence-electron chi connectivity index (χ3n) is 4.64. The molecule has 0 radical (unpaired) electrons. The number of nitrogens with one attached hydrogen (secondary N) is 3. The van der Waals surface area contributed by atoms with Crippen LogP contribution >= 0.6 is 24.0 Å². The summed E-state index contributed by atoms with van der Waals surface area (Å²) in [7, 11) is 1.86. The number of thioether (sulfide) groups is 1. The molecule has 0 aliphatic heterocycles. The highest BCUT2D eigenvalue weighted by Gasteiger charge is 2.21. The third kappa shape index (κ3) is 5.95. The zero-order valence-corrected chi connectivity index (χ0v) is 19.9. The highest BCUT2D eigenvalue weighted by molar-refractivity contribution is 8.00. The van der Waals surface area contributed by atoms with Gasteiger partial charge in [0, 0.05) is 29.9 Å². The summed E-state index contributed by atoms with van der Waals surface area (Å²) >= 11 is 6.91. The van der Waals surface area contributed by atoms with E-state index in [2.05, 4.69) is 52.2 Å². The summed E-state index contributed by atoms with van der Waals surface area (Å²) in [6, 6.07) is 10.3. The number of nitrogens with zero attached hydrogens (tertiary/aromatic N) is 3. The molecule has 0 unspecified atom stereocenters. The Labute approximate surface area is 192 Å². The van der Waals surface area contributed by atoms with Crippen molar-refractivity contribution in [3.05, 3.63) is 53.3 Å². The molecule has 164 valence electrons. The molecule has 3 rings (SSSR count). The fourth-order valence-electron chi connectivity index (χ4n) is 3.26. The van der Waals surface area contributed by atoms with Crippen LogP contribution < -0.4 is 16.2 Å². The number of carbonyl (C=O) groups excluding carboxylic acids is 1. The van der Waals surface area contributed by atoms with E-state index in [0.29, 0.717) is 22.5 Å². The van der Waals surface area contributed by atoms with Gasteiger partial charge in [0.1, 0.15) is 0 Å². The minimum Gasteiger partial charge on any atom is -0.361 e. The van der Waals surface area contributed by atoms with E-state index in [1.807, 2.05) is 32.2 Å². The van der Waals surface area contributed by atoms with Gasteiger partial charge in [-0.05, 0) is 37.5 Å². The van der Waals surface area contributed by atoms with Crippen molar-refractivity contribution in [2.75, 3.05) is 6.54 Å². The molecule has 7 nitrogen and oxygen atoms in total. The molecule has 0 aliphatic rings. The van der Waals surface area contributed by atoms with Crippen molar-refractivity contribution in [1.82, 2.24) is 30.9 Å². The summed E-state index contributed by atoms with van der Waals surface area (Å²) in [6.07, 6.45) is 3.51. The Bertz CT molecular complexity index is 1060. The number of thiocarbonyl (C=S) groups is 1. The lowest BCUT2D eigenvalue weighted by Gasteiger charge is -2.15. The molecule has 1 amide bonds. The van der Waals surface area contributed by atoms with Crippen LogP contribution in [0.3, 0.4) is 0 Å². The summed E-state index contributed by atoms with van der Waals surface area (Å²) in [5, 5.41) is 9.18. The van der Waals surface area contributed by atoms with Gasteiger partial charge in [0.15, 0.2) is 10.8 Å². The molecule has 2 heterocycles. The fourth-order valence-corrected chi connectivity index (χ4v) is 4.52. The summed E-state index contributed by atoms with van der Waals surface area (Å²) in [6.45, 7) is 6.84. The third-order valence-corrected chi connectivity index (χ3v) is 6.02. The van der Waals surface area contributed by atoms with E-state index in [-0.39, 0.29) is 5.91 Å². The molecule has 3 aromatic rings. The number of benzene rings is 1. The normalized spacial score (nSPS) is 11.0. The Kier molecular flexibility index (Phi) is 7.86. The number of aryl methyl sites for hydroxylation is 3. The van der Waals surface area contributed by atoms with Crippen LogP contribution in [0.15, 0.2) is 41.4 Å². The Morgan fingerprint density at radius 3 is 2.68 bits per heavy atom. The van der Waals surface area contributed by atoms with Crippen molar-refractivity contribution in [3.63, 3.8) is 0 Å². The fraction of sp³-hybridized carbons (Fsp3) is 0.364. The molecule has 0 saturated carbocycles. The number of hydrogen-bond acceptors (Lipinski definition) is 5. The predicted molar refractivity (Wildman–Crippen MR) is 130 cm³/mol. The predicted octanol–water partition coefficient (Wildman–Crippen LogP) is 3.52. The second kappa shape index (κ2) is 10.6. The summed E-state index contributed by atoms with van der Waals surface area (Å²) < 4.78 is 1.74. The molecule has 3 N–H and O–H groups in total. The topological polar surface area (TPSA) is 83.9 Å². The maximum absolute atomic E-state index is 12.9. The lowest BCUT2D eigenvalue weighted by atomic mass is 10.1. The van der Waals surface area contributed by atoms with Crippen LogP contribution in [0.5, 0.6) is 0 Å². The Morgan fingerprint density at radius 1 is 1.23 bits per heavy atom. The quantitative estimate of drug-likeness (QED) is 0.217. The zero-order chi connectivity index (χ0) is 22.4. The smallest absolute Gasteiger partial charge is 0.272 e. The van der Waals surface area contributed by atoms with Gasteiger partial charge in [0.25, 0.3) is 5.91 Å². The number of aromatic nitrogens is 3. The second-order valence-corrected chi connectivity index (χ2v) is 9.49. The van der Waals surface area contributed by atoms with Crippen molar-refractivity contribution in [3.8, 4) is 0 Å². The molecule has 9 heteroatoms. The van der Waals surface area contributed by atoms with Gasteiger partial charge in [-0.15, -0.1) is 11.8 Å². The first-order chi connectivity index (χ1) is 14.9. The molecule has 0 spiro atoms. The first kappa shape index (κ1) is 23.0. The Balaban J connectivity index is 1.59. The number of fused-ring (bicyclic) bond motifs is 1. The van der Waals surface area contributed by atoms with Crippen molar-refractivity contribution in [1.29, 1.82) is 0 Å². The maximum Gasteiger partial charge on any atom is 0.272 e. The minimum absolute atomic E-state index is 0.283.